The fourth-order valence-electron chi connectivity index (χ4n) is 2.28. The predicted molar refractivity (Wildman–Crippen MR) is 79.3 cm³/mol. The molecule has 0 aliphatic carbocycles. The molecule has 5 heteroatoms. The smallest absolute Gasteiger partial charge is 0.254 e. The Hall–Kier alpha value is -0.820. The van der Waals surface area contributed by atoms with Crippen molar-refractivity contribution in [3.8, 4) is 0 Å². The summed E-state index contributed by atoms with van der Waals surface area (Å²) in [4.78, 5) is 14.2. The van der Waals surface area contributed by atoms with E-state index in [4.69, 9.17) is 5.73 Å². The molecule has 0 saturated carbocycles. The monoisotopic (exact) mass is 360 g/mol. The van der Waals surface area contributed by atoms with Crippen LogP contribution in [0.25, 0.3) is 0 Å². The quantitative estimate of drug-likeness (QED) is 0.625. The number of rotatable bonds is 2. The van der Waals surface area contributed by atoms with E-state index < -0.39 is 0 Å². The van der Waals surface area contributed by atoms with Gasteiger partial charge in [0.05, 0.1) is 12.6 Å². The molecule has 0 aromatic heterocycles. The SMILES string of the molecule is Nc1ccc(C(=O)N2CCCCC2CO)cc1I. The molecule has 1 fully saturated rings. The van der Waals surface area contributed by atoms with Gasteiger partial charge < -0.3 is 15.7 Å². The highest BCUT2D eigenvalue weighted by Gasteiger charge is 2.26. The number of hydrogen-bond acceptors (Lipinski definition) is 3. The Morgan fingerprint density at radius 2 is 2.28 bits per heavy atom. The number of carbonyl (C=O) groups is 1. The summed E-state index contributed by atoms with van der Waals surface area (Å²) in [6.07, 6.45) is 2.97. The topological polar surface area (TPSA) is 66.6 Å². The Balaban J connectivity index is 2.21. The van der Waals surface area contributed by atoms with Crippen LogP contribution >= 0.6 is 22.6 Å². The number of nitrogens with zero attached hydrogens (tertiary/aromatic N) is 1. The lowest BCUT2D eigenvalue weighted by atomic mass is 10.0. The van der Waals surface area contributed by atoms with Crippen molar-refractivity contribution in [2.75, 3.05) is 18.9 Å². The number of nitrogen functional groups attached to an aromatic ring is 1. The third-order valence-corrected chi connectivity index (χ3v) is 4.28. The average Bonchev–Trinajstić information content (AvgIpc) is 2.41. The minimum Gasteiger partial charge on any atom is -0.398 e. The first-order valence-corrected chi connectivity index (χ1v) is 7.18. The maximum Gasteiger partial charge on any atom is 0.254 e. The molecule has 1 saturated heterocycles. The van der Waals surface area contributed by atoms with Crippen molar-refractivity contribution < 1.29 is 9.90 Å². The van der Waals surface area contributed by atoms with Crippen molar-refractivity contribution in [2.24, 2.45) is 0 Å². The van der Waals surface area contributed by atoms with Crippen LogP contribution in [-0.2, 0) is 0 Å². The number of anilines is 1. The predicted octanol–water partition coefficient (Wildman–Crippen LogP) is 1.86. The van der Waals surface area contributed by atoms with E-state index in [1.165, 1.54) is 0 Å². The number of halogens is 1. The normalized spacial score (nSPS) is 19.9. The minimum atomic E-state index is -0.0403. The van der Waals surface area contributed by atoms with Crippen molar-refractivity contribution >= 4 is 34.2 Å². The molecular formula is C13H17IN2O2. The fraction of sp³-hybridized carbons (Fsp3) is 0.462. The van der Waals surface area contributed by atoms with Gasteiger partial charge in [0.25, 0.3) is 5.91 Å². The number of piperidine rings is 1. The van der Waals surface area contributed by atoms with Crippen LogP contribution in [-0.4, -0.2) is 35.1 Å². The summed E-state index contributed by atoms with van der Waals surface area (Å²) in [5.41, 5.74) is 7.08. The molecule has 0 spiro atoms. The molecule has 1 heterocycles. The van der Waals surface area contributed by atoms with Gasteiger partial charge in [-0.15, -0.1) is 0 Å². The highest BCUT2D eigenvalue weighted by Crippen LogP contribution is 2.22. The van der Waals surface area contributed by atoms with Gasteiger partial charge in [-0.1, -0.05) is 0 Å². The number of hydrogen-bond donors (Lipinski definition) is 2. The van der Waals surface area contributed by atoms with E-state index in [0.29, 0.717) is 11.3 Å². The van der Waals surface area contributed by atoms with Gasteiger partial charge in [-0.2, -0.15) is 0 Å². The van der Waals surface area contributed by atoms with Gasteiger partial charge in [0, 0.05) is 21.4 Å². The number of benzene rings is 1. The molecule has 1 aromatic rings. The summed E-state index contributed by atoms with van der Waals surface area (Å²) in [6, 6.07) is 5.28. The molecule has 4 nitrogen and oxygen atoms in total. The van der Waals surface area contributed by atoms with Gasteiger partial charge in [-0.05, 0) is 60.1 Å². The number of aliphatic hydroxyl groups is 1. The maximum absolute atomic E-state index is 12.4. The second-order valence-corrected chi connectivity index (χ2v) is 5.73. The van der Waals surface area contributed by atoms with Crippen molar-refractivity contribution in [2.45, 2.75) is 25.3 Å². The summed E-state index contributed by atoms with van der Waals surface area (Å²) < 4.78 is 0.885. The maximum atomic E-state index is 12.4. The van der Waals surface area contributed by atoms with Crippen LogP contribution < -0.4 is 5.73 Å². The molecule has 0 radical (unpaired) electrons. The molecule has 1 unspecified atom stereocenters. The summed E-state index contributed by atoms with van der Waals surface area (Å²) in [5, 5.41) is 9.34. The molecule has 1 amide bonds. The van der Waals surface area contributed by atoms with E-state index >= 15 is 0 Å². The molecule has 1 aromatic carbocycles. The van der Waals surface area contributed by atoms with E-state index in [2.05, 4.69) is 22.6 Å². The number of nitrogens with two attached hydrogens (primary N) is 1. The second kappa shape index (κ2) is 5.88. The summed E-state index contributed by atoms with van der Waals surface area (Å²) in [5.74, 6) is -0.00772. The molecule has 1 atom stereocenters. The number of amides is 1. The first kappa shape index (κ1) is 13.6. The molecule has 2 rings (SSSR count). The van der Waals surface area contributed by atoms with E-state index in [0.717, 1.165) is 29.4 Å². The molecule has 1 aliphatic rings. The third-order valence-electron chi connectivity index (χ3n) is 3.35. The van der Waals surface area contributed by atoms with Gasteiger partial charge in [0.1, 0.15) is 0 Å². The van der Waals surface area contributed by atoms with E-state index in [1.54, 1.807) is 23.1 Å². The Morgan fingerprint density at radius 3 is 2.94 bits per heavy atom. The van der Waals surface area contributed by atoms with Gasteiger partial charge in [-0.25, -0.2) is 0 Å². The Kier molecular flexibility index (Phi) is 4.45. The first-order chi connectivity index (χ1) is 8.63. The molecule has 0 bridgehead atoms. The van der Waals surface area contributed by atoms with Crippen molar-refractivity contribution in [3.63, 3.8) is 0 Å². The van der Waals surface area contributed by atoms with Crippen LogP contribution in [0.3, 0.4) is 0 Å². The van der Waals surface area contributed by atoms with E-state index in [9.17, 15) is 9.90 Å². The zero-order valence-electron chi connectivity index (χ0n) is 10.1. The van der Waals surface area contributed by atoms with Gasteiger partial charge in [0.2, 0.25) is 0 Å². The molecule has 3 N–H and O–H groups in total. The second-order valence-electron chi connectivity index (χ2n) is 4.57. The minimum absolute atomic E-state index is 0.00772. The summed E-state index contributed by atoms with van der Waals surface area (Å²) in [7, 11) is 0. The summed E-state index contributed by atoms with van der Waals surface area (Å²) in [6.45, 7) is 0.767. The zero-order chi connectivity index (χ0) is 13.1. The third kappa shape index (κ3) is 2.77. The Bertz CT molecular complexity index is 451. The fourth-order valence-corrected chi connectivity index (χ4v) is 2.80. The highest BCUT2D eigenvalue weighted by molar-refractivity contribution is 14.1. The van der Waals surface area contributed by atoms with Crippen LogP contribution in [0.4, 0.5) is 5.69 Å². The van der Waals surface area contributed by atoms with Crippen molar-refractivity contribution in [3.05, 3.63) is 27.3 Å². The van der Waals surface area contributed by atoms with Crippen molar-refractivity contribution in [1.29, 1.82) is 0 Å². The lowest BCUT2D eigenvalue weighted by Crippen LogP contribution is -2.45. The Labute approximate surface area is 120 Å². The zero-order valence-corrected chi connectivity index (χ0v) is 12.3. The molecule has 98 valence electrons. The Morgan fingerprint density at radius 1 is 1.50 bits per heavy atom. The van der Waals surface area contributed by atoms with Crippen molar-refractivity contribution in [1.82, 2.24) is 4.90 Å². The average molecular weight is 360 g/mol. The van der Waals surface area contributed by atoms with Gasteiger partial charge in [0.15, 0.2) is 0 Å². The molecule has 1 aliphatic heterocycles. The van der Waals surface area contributed by atoms with Crippen LogP contribution in [0.5, 0.6) is 0 Å². The largest absolute Gasteiger partial charge is 0.398 e. The van der Waals surface area contributed by atoms with Crippen LogP contribution in [0, 0.1) is 3.57 Å². The molecular weight excluding hydrogens is 343 g/mol. The first-order valence-electron chi connectivity index (χ1n) is 6.10. The standard InChI is InChI=1S/C13H17IN2O2/c14-11-7-9(4-5-12(11)15)13(18)16-6-2-1-3-10(16)8-17/h4-5,7,10,17H,1-3,6,8,15H2. The van der Waals surface area contributed by atoms with E-state index in [1.807, 2.05) is 0 Å². The number of likely N-dealkylation sites (tertiary alicyclic amines) is 1. The van der Waals surface area contributed by atoms with Crippen LogP contribution in [0.15, 0.2) is 18.2 Å². The van der Waals surface area contributed by atoms with Gasteiger partial charge in [-0.3, -0.25) is 4.79 Å². The number of aliphatic hydroxyl groups excluding tert-OH is 1. The highest BCUT2D eigenvalue weighted by atomic mass is 127. The van der Waals surface area contributed by atoms with Crippen LogP contribution in [0.1, 0.15) is 29.6 Å². The lowest BCUT2D eigenvalue weighted by molar-refractivity contribution is 0.0503. The lowest BCUT2D eigenvalue weighted by Gasteiger charge is -2.34. The van der Waals surface area contributed by atoms with E-state index in [-0.39, 0.29) is 18.6 Å². The number of carbonyl (C=O) groups excluding carboxylic acids is 1. The van der Waals surface area contributed by atoms with Crippen LogP contribution in [0.2, 0.25) is 0 Å². The van der Waals surface area contributed by atoms with Gasteiger partial charge >= 0.3 is 0 Å². The molecule has 18 heavy (non-hydrogen) atoms. The summed E-state index contributed by atoms with van der Waals surface area (Å²) >= 11 is 2.12.